The van der Waals surface area contributed by atoms with E-state index in [2.05, 4.69) is 12.2 Å². The Morgan fingerprint density at radius 1 is 0.379 bits per heavy atom. The molecule has 1 saturated carbocycles. The summed E-state index contributed by atoms with van der Waals surface area (Å²) in [6, 6.07) is 26.6. The van der Waals surface area contributed by atoms with Gasteiger partial charge in [-0.1, -0.05) is 24.3 Å². The lowest BCUT2D eigenvalue weighted by Gasteiger charge is -2.26. The van der Waals surface area contributed by atoms with Gasteiger partial charge < -0.3 is 67.0 Å². The van der Waals surface area contributed by atoms with Crippen molar-refractivity contribution in [2.45, 2.75) is 83.8 Å². The molecule has 9 aliphatic heterocycles. The molecule has 20 heteroatoms. The molecule has 0 spiro atoms. The van der Waals surface area contributed by atoms with Gasteiger partial charge in [0.15, 0.2) is 63.3 Å². The lowest BCUT2D eigenvalue weighted by atomic mass is 9.95. The predicted octanol–water partition coefficient (Wildman–Crippen LogP) is 10.1. The molecule has 1 aliphatic carbocycles. The highest BCUT2D eigenvalue weighted by molar-refractivity contribution is 6.11. The van der Waals surface area contributed by atoms with Crippen LogP contribution in [0.25, 0.3) is 0 Å². The van der Waals surface area contributed by atoms with Gasteiger partial charge in [-0.25, -0.2) is 0 Å². The molecule has 10 aliphatic rings. The van der Waals surface area contributed by atoms with Gasteiger partial charge in [-0.3, -0.25) is 28.8 Å². The summed E-state index contributed by atoms with van der Waals surface area (Å²) in [4.78, 5) is 80.2. The zero-order valence-corrected chi connectivity index (χ0v) is 48.9. The van der Waals surface area contributed by atoms with E-state index in [0.717, 1.165) is 101 Å². The highest BCUT2D eigenvalue weighted by Crippen LogP contribution is 2.38. The fraction of sp³-hybridized carbons (Fsp3) is 0.403. The van der Waals surface area contributed by atoms with E-state index in [-0.39, 0.29) is 61.9 Å². The van der Waals surface area contributed by atoms with Crippen LogP contribution in [0.2, 0.25) is 0 Å². The van der Waals surface area contributed by atoms with Crippen LogP contribution in [0.5, 0.6) is 57.5 Å². The topological polar surface area (TPSA) is 208 Å². The van der Waals surface area contributed by atoms with Crippen molar-refractivity contribution in [1.82, 2.24) is 19.6 Å². The Morgan fingerprint density at radius 2 is 0.747 bits per heavy atom. The van der Waals surface area contributed by atoms with Crippen LogP contribution in [0.15, 0.2) is 115 Å². The molecule has 0 aromatic heterocycles. The molecule has 2 atom stereocenters. The Hall–Kier alpha value is -9.20. The minimum Gasteiger partial charge on any atom is -0.486 e. The lowest BCUT2D eigenvalue weighted by Crippen LogP contribution is -2.35. The molecular weight excluding hydrogens is 1120 g/mol. The second-order valence-electron chi connectivity index (χ2n) is 22.0. The number of ether oxygens (including phenoxy) is 10. The molecule has 4 amide bonds. The van der Waals surface area contributed by atoms with E-state index >= 15 is 0 Å². The van der Waals surface area contributed by atoms with Crippen LogP contribution in [0, 0.1) is 5.92 Å². The van der Waals surface area contributed by atoms with E-state index in [9.17, 15) is 28.8 Å². The minimum atomic E-state index is -0.449. The van der Waals surface area contributed by atoms with Gasteiger partial charge in [0.25, 0.3) is 23.6 Å². The van der Waals surface area contributed by atoms with Crippen LogP contribution >= 0.6 is 0 Å². The van der Waals surface area contributed by atoms with Gasteiger partial charge in [-0.15, -0.1) is 0 Å². The number of piperidine rings is 2. The summed E-state index contributed by atoms with van der Waals surface area (Å²) in [5, 5.41) is 0. The SMILES string of the molecule is CC1Oc2ccc(C(=O)N3CCCCC3)cc2O1.O=C(c1ccc2c(c1)OCCO2)N1CC=CCC1.O=C(c1ccc2c(c1)OCO2)N1CC=CCC1.O=C(c1ccc2c(c1)OCO2)N1CCCCC1.O=C1CCCC1C(=O)c1ccc2c(c1)OCO2. The molecule has 20 nitrogen and oxygen atoms in total. The molecule has 0 bridgehead atoms. The first kappa shape index (κ1) is 59.5. The predicted molar refractivity (Wildman–Crippen MR) is 318 cm³/mol. The van der Waals surface area contributed by atoms with E-state index in [1.807, 2.05) is 62.9 Å². The van der Waals surface area contributed by atoms with Crippen molar-refractivity contribution < 1.29 is 76.1 Å². The summed E-state index contributed by atoms with van der Waals surface area (Å²) in [6.45, 7) is 10.0. The molecule has 5 aromatic carbocycles. The van der Waals surface area contributed by atoms with Crippen molar-refractivity contribution in [3.63, 3.8) is 0 Å². The fourth-order valence-corrected chi connectivity index (χ4v) is 11.4. The van der Waals surface area contributed by atoms with Gasteiger partial charge in [0.2, 0.25) is 26.7 Å². The number of ketones is 2. The highest BCUT2D eigenvalue weighted by atomic mass is 16.7. The third-order valence-corrected chi connectivity index (χ3v) is 16.1. The van der Waals surface area contributed by atoms with Crippen LogP contribution in [-0.2, 0) is 4.79 Å². The Bertz CT molecular complexity index is 3400. The van der Waals surface area contributed by atoms with Gasteiger partial charge in [0.1, 0.15) is 19.0 Å². The molecule has 2 saturated heterocycles. The van der Waals surface area contributed by atoms with Crippen molar-refractivity contribution in [1.29, 1.82) is 0 Å². The number of nitrogens with zero attached hydrogens (tertiary/aromatic N) is 4. The first-order valence-electron chi connectivity index (χ1n) is 30.1. The number of hydrogen-bond acceptors (Lipinski definition) is 16. The molecule has 2 unspecified atom stereocenters. The van der Waals surface area contributed by atoms with E-state index < -0.39 is 5.92 Å². The molecule has 5 aromatic rings. The van der Waals surface area contributed by atoms with E-state index in [4.69, 9.17) is 47.4 Å². The van der Waals surface area contributed by atoms with Crippen molar-refractivity contribution in [3.05, 3.63) is 143 Å². The van der Waals surface area contributed by atoms with Crippen LogP contribution in [0.4, 0.5) is 0 Å². The summed E-state index contributed by atoms with van der Waals surface area (Å²) in [5.41, 5.74) is 3.23. The molecule has 456 valence electrons. The zero-order valence-electron chi connectivity index (χ0n) is 48.9. The van der Waals surface area contributed by atoms with Gasteiger partial charge in [-0.05, 0) is 155 Å². The summed E-state index contributed by atoms with van der Waals surface area (Å²) < 4.78 is 53.3. The maximum atomic E-state index is 12.3. The first-order chi connectivity index (χ1) is 42.5. The highest BCUT2D eigenvalue weighted by Gasteiger charge is 2.33. The average molecular weight is 1190 g/mol. The third-order valence-electron chi connectivity index (χ3n) is 16.1. The quantitative estimate of drug-likeness (QED) is 0.0880. The minimum absolute atomic E-state index is 0.0488. The third kappa shape index (κ3) is 14.7. The Morgan fingerprint density at radius 3 is 1.18 bits per heavy atom. The fourth-order valence-electron chi connectivity index (χ4n) is 11.4. The molecule has 0 N–H and O–H groups in total. The summed E-state index contributed by atoms with van der Waals surface area (Å²) >= 11 is 0. The number of Topliss-reactive ketones (excluding diaryl/α,β-unsaturated/α-hetero) is 2. The number of fused-ring (bicyclic) bond motifs is 5. The Balaban J connectivity index is 0.000000113. The number of benzene rings is 5. The zero-order chi connectivity index (χ0) is 60.1. The summed E-state index contributed by atoms with van der Waals surface area (Å²) in [7, 11) is 0. The van der Waals surface area contributed by atoms with Gasteiger partial charge in [0, 0.05) is 93.5 Å². The van der Waals surface area contributed by atoms with Crippen LogP contribution < -0.4 is 47.4 Å². The summed E-state index contributed by atoms with van der Waals surface area (Å²) in [6.07, 6.45) is 18.7. The van der Waals surface area contributed by atoms with Crippen LogP contribution in [0.1, 0.15) is 129 Å². The van der Waals surface area contributed by atoms with Crippen LogP contribution in [0.3, 0.4) is 0 Å². The maximum absolute atomic E-state index is 12.3. The molecule has 87 heavy (non-hydrogen) atoms. The lowest BCUT2D eigenvalue weighted by molar-refractivity contribution is -0.119. The van der Waals surface area contributed by atoms with Crippen molar-refractivity contribution >= 4 is 35.2 Å². The van der Waals surface area contributed by atoms with Crippen molar-refractivity contribution in [2.75, 3.05) is 86.0 Å². The number of amides is 4. The van der Waals surface area contributed by atoms with Gasteiger partial charge in [0.05, 0.1) is 5.92 Å². The van der Waals surface area contributed by atoms with Gasteiger partial charge >= 0.3 is 0 Å². The van der Waals surface area contributed by atoms with E-state index in [1.54, 1.807) is 66.7 Å². The van der Waals surface area contributed by atoms with E-state index in [0.29, 0.717) is 107 Å². The van der Waals surface area contributed by atoms with Crippen molar-refractivity contribution in [3.8, 4) is 57.5 Å². The molecule has 15 rings (SSSR count). The number of carbonyl (C=O) groups excluding carboxylic acids is 6. The number of rotatable bonds is 6. The number of likely N-dealkylation sites (tertiary alicyclic amines) is 2. The van der Waals surface area contributed by atoms with Crippen LogP contribution in [-0.4, -0.2) is 147 Å². The van der Waals surface area contributed by atoms with Crippen molar-refractivity contribution in [2.24, 2.45) is 5.92 Å². The number of hydrogen-bond donors (Lipinski definition) is 0. The first-order valence-corrected chi connectivity index (χ1v) is 30.1. The van der Waals surface area contributed by atoms with Gasteiger partial charge in [-0.2, -0.15) is 0 Å². The molecule has 3 fully saturated rings. The second-order valence-corrected chi connectivity index (χ2v) is 22.0. The normalized spacial score (nSPS) is 19.4. The molecular formula is C67H72N4O16. The molecule has 9 heterocycles. The average Bonchev–Trinajstić information content (AvgIpc) is 4.22. The Labute approximate surface area is 505 Å². The largest absolute Gasteiger partial charge is 0.486 e. The summed E-state index contributed by atoms with van der Waals surface area (Å²) in [5.74, 6) is 6.60. The smallest absolute Gasteiger partial charge is 0.254 e. The Kier molecular flexibility index (Phi) is 19.4. The second kappa shape index (κ2) is 28.3. The number of carbonyl (C=O) groups is 6. The standard InChI is InChI=1S/C14H17NO3.C14H15NO3.C13H15NO3.C13H13NO3.C13H12O4/c1-10-17-12-6-5-11(9-13(12)18-10)14(16)15-7-3-2-4-8-15;16-14(15-6-2-1-3-7-15)11-4-5-12-13(10-11)18-9-8-17-12;2*15-13(14-6-2-1-3-7-14)10-4-5-11-12(8-10)17-9-16-11;14-10-3-1-2-9(10)13(15)8-4-5-11-12(6-8)17-7-16-11/h5-6,9-10H,2-4,7-8H2,1H3;1-2,4-5,10H,3,6-9H2;4-5,8H,1-3,6-7,9H2;1-2,4-5,8H,3,6-7,9H2;4-6,9H,1-3,7H2. The molecule has 0 radical (unpaired) electrons. The maximum Gasteiger partial charge on any atom is 0.254 e. The monoisotopic (exact) mass is 1190 g/mol. The van der Waals surface area contributed by atoms with E-state index in [1.165, 1.54) is 12.8 Å².